The number of hydrogen-bond donors (Lipinski definition) is 2. The van der Waals surface area contributed by atoms with Crippen LogP contribution in [0.5, 0.6) is 0 Å². The van der Waals surface area contributed by atoms with Crippen molar-refractivity contribution in [2.75, 3.05) is 26.0 Å². The molecule has 1 aliphatic rings. The maximum Gasteiger partial charge on any atom is 0.336 e. The Balaban J connectivity index is 2.46. The summed E-state index contributed by atoms with van der Waals surface area (Å²) >= 11 is 0. The van der Waals surface area contributed by atoms with Gasteiger partial charge >= 0.3 is 5.97 Å². The molecule has 1 fully saturated rings. The lowest BCUT2D eigenvalue weighted by molar-refractivity contribution is 0.0263. The van der Waals surface area contributed by atoms with Crippen molar-refractivity contribution in [1.82, 2.24) is 5.32 Å². The van der Waals surface area contributed by atoms with E-state index in [1.165, 1.54) is 18.2 Å². The second-order valence-corrected chi connectivity index (χ2v) is 6.41. The molecule has 19 heavy (non-hydrogen) atoms. The van der Waals surface area contributed by atoms with E-state index in [9.17, 15) is 18.3 Å². The summed E-state index contributed by atoms with van der Waals surface area (Å²) < 4.78 is 28.4. The van der Waals surface area contributed by atoms with Gasteiger partial charge in [-0.3, -0.25) is 0 Å². The minimum absolute atomic E-state index is 0.00239. The van der Waals surface area contributed by atoms with Crippen LogP contribution in [-0.2, 0) is 14.6 Å². The molecule has 6 nitrogen and oxygen atoms in total. The maximum atomic E-state index is 11.5. The molecule has 1 aliphatic heterocycles. The van der Waals surface area contributed by atoms with Gasteiger partial charge in [-0.1, -0.05) is 6.07 Å². The van der Waals surface area contributed by atoms with Crippen molar-refractivity contribution in [2.45, 2.75) is 11.0 Å². The Morgan fingerprint density at radius 1 is 1.47 bits per heavy atom. The Bertz CT molecular complexity index is 590. The topological polar surface area (TPSA) is 92.7 Å². The molecular weight excluding hydrogens is 270 g/mol. The van der Waals surface area contributed by atoms with Crippen molar-refractivity contribution in [3.63, 3.8) is 0 Å². The van der Waals surface area contributed by atoms with Crippen LogP contribution in [0.2, 0.25) is 0 Å². The van der Waals surface area contributed by atoms with Gasteiger partial charge in [-0.15, -0.1) is 0 Å². The number of hydrogen-bond acceptors (Lipinski definition) is 5. The van der Waals surface area contributed by atoms with Gasteiger partial charge in [0, 0.05) is 19.3 Å². The second kappa shape index (κ2) is 5.28. The first-order chi connectivity index (χ1) is 8.89. The smallest absolute Gasteiger partial charge is 0.336 e. The van der Waals surface area contributed by atoms with Gasteiger partial charge in [0.1, 0.15) is 0 Å². The molecule has 0 bridgehead atoms. The quantitative estimate of drug-likeness (QED) is 0.837. The lowest BCUT2D eigenvalue weighted by Gasteiger charge is -2.25. The summed E-state index contributed by atoms with van der Waals surface area (Å²) in [6, 6.07) is 4.11. The van der Waals surface area contributed by atoms with E-state index in [1.54, 1.807) is 0 Å². The van der Waals surface area contributed by atoms with Crippen molar-refractivity contribution in [1.29, 1.82) is 0 Å². The minimum atomic E-state index is -3.43. The van der Waals surface area contributed by atoms with E-state index in [-0.39, 0.29) is 16.6 Å². The first-order valence-electron chi connectivity index (χ1n) is 5.79. The molecule has 0 spiro atoms. The molecule has 1 heterocycles. The van der Waals surface area contributed by atoms with Crippen LogP contribution in [-0.4, -0.2) is 45.4 Å². The molecule has 0 aliphatic carbocycles. The number of carbonyl (C=O) groups is 1. The molecule has 0 aromatic heterocycles. The third-order valence-corrected chi connectivity index (χ3v) is 4.07. The molecule has 1 aromatic carbocycles. The molecular formula is C12H15NO5S. The molecule has 1 saturated heterocycles. The number of benzene rings is 1. The van der Waals surface area contributed by atoms with Crippen LogP contribution in [0.15, 0.2) is 23.1 Å². The minimum Gasteiger partial charge on any atom is -0.478 e. The van der Waals surface area contributed by atoms with Crippen molar-refractivity contribution < 1.29 is 23.1 Å². The fourth-order valence-electron chi connectivity index (χ4n) is 2.00. The number of aromatic carboxylic acids is 1. The van der Waals surface area contributed by atoms with E-state index < -0.39 is 15.8 Å². The highest BCUT2D eigenvalue weighted by Crippen LogP contribution is 2.25. The molecule has 0 radical (unpaired) electrons. The van der Waals surface area contributed by atoms with Gasteiger partial charge in [0.15, 0.2) is 9.84 Å². The van der Waals surface area contributed by atoms with Gasteiger partial charge in [-0.05, 0) is 17.7 Å². The predicted molar refractivity (Wildman–Crippen MR) is 68.1 cm³/mol. The maximum absolute atomic E-state index is 11.5. The van der Waals surface area contributed by atoms with Gasteiger partial charge < -0.3 is 15.2 Å². The largest absolute Gasteiger partial charge is 0.478 e. The zero-order chi connectivity index (χ0) is 14.0. The summed E-state index contributed by atoms with van der Waals surface area (Å²) in [5.74, 6) is -1.16. The number of carboxylic acid groups (broad SMARTS) is 1. The normalized spacial score (nSPS) is 20.2. The Kier molecular flexibility index (Phi) is 3.88. The first kappa shape index (κ1) is 14.0. The van der Waals surface area contributed by atoms with E-state index in [4.69, 9.17) is 4.74 Å². The van der Waals surface area contributed by atoms with Crippen LogP contribution in [0.25, 0.3) is 0 Å². The standard InChI is InChI=1S/C12H15NO5S/c1-19(16,17)8-2-3-9(10(6-8)12(14)15)11-7-13-4-5-18-11/h2-3,6,11,13H,4-5,7H2,1H3,(H,14,15). The molecule has 2 N–H and O–H groups in total. The predicted octanol–water partition coefficient (Wildman–Crippen LogP) is 0.449. The third-order valence-electron chi connectivity index (χ3n) is 2.96. The van der Waals surface area contributed by atoms with E-state index in [0.717, 1.165) is 12.8 Å². The van der Waals surface area contributed by atoms with E-state index in [2.05, 4.69) is 5.32 Å². The molecule has 1 aromatic rings. The van der Waals surface area contributed by atoms with Crippen LogP contribution in [0.3, 0.4) is 0 Å². The van der Waals surface area contributed by atoms with Crippen LogP contribution in [0.4, 0.5) is 0 Å². The van der Waals surface area contributed by atoms with Crippen molar-refractivity contribution in [2.24, 2.45) is 0 Å². The lowest BCUT2D eigenvalue weighted by atomic mass is 10.0. The number of morpholine rings is 1. The number of nitrogens with one attached hydrogen (secondary N) is 1. The zero-order valence-corrected chi connectivity index (χ0v) is 11.2. The molecule has 1 unspecified atom stereocenters. The molecule has 7 heteroatoms. The van der Waals surface area contributed by atoms with Crippen LogP contribution in [0, 0.1) is 0 Å². The number of carboxylic acids is 1. The highest BCUT2D eigenvalue weighted by atomic mass is 32.2. The SMILES string of the molecule is CS(=O)(=O)c1ccc(C2CNCCO2)c(C(=O)O)c1. The van der Waals surface area contributed by atoms with Gasteiger partial charge in [0.05, 0.1) is 23.2 Å². The molecule has 0 saturated carbocycles. The summed E-state index contributed by atoms with van der Waals surface area (Å²) in [5, 5.41) is 12.3. The molecule has 1 atom stereocenters. The average molecular weight is 285 g/mol. The van der Waals surface area contributed by atoms with Gasteiger partial charge in [0.25, 0.3) is 0 Å². The fraction of sp³-hybridized carbons (Fsp3) is 0.417. The summed E-state index contributed by atoms with van der Waals surface area (Å²) in [6.07, 6.45) is 0.681. The third kappa shape index (κ3) is 3.12. The van der Waals surface area contributed by atoms with E-state index >= 15 is 0 Å². The number of sulfone groups is 1. The number of rotatable bonds is 3. The fourth-order valence-corrected chi connectivity index (χ4v) is 2.64. The van der Waals surface area contributed by atoms with Crippen molar-refractivity contribution >= 4 is 15.8 Å². The highest BCUT2D eigenvalue weighted by molar-refractivity contribution is 7.90. The van der Waals surface area contributed by atoms with Crippen LogP contribution in [0.1, 0.15) is 22.0 Å². The van der Waals surface area contributed by atoms with Gasteiger partial charge in [-0.25, -0.2) is 13.2 Å². The Labute approximate surface area is 111 Å². The second-order valence-electron chi connectivity index (χ2n) is 4.39. The van der Waals surface area contributed by atoms with Crippen LogP contribution >= 0.6 is 0 Å². The monoisotopic (exact) mass is 285 g/mol. The van der Waals surface area contributed by atoms with Gasteiger partial charge in [-0.2, -0.15) is 0 Å². The van der Waals surface area contributed by atoms with Crippen molar-refractivity contribution in [3.05, 3.63) is 29.3 Å². The Hall–Kier alpha value is -1.44. The zero-order valence-electron chi connectivity index (χ0n) is 10.4. The summed E-state index contributed by atoms with van der Waals surface area (Å²) in [7, 11) is -3.43. The molecule has 2 rings (SSSR count). The van der Waals surface area contributed by atoms with Crippen molar-refractivity contribution in [3.8, 4) is 0 Å². The number of ether oxygens (including phenoxy) is 1. The van der Waals surface area contributed by atoms with Gasteiger partial charge in [0.2, 0.25) is 0 Å². The Morgan fingerprint density at radius 2 is 2.21 bits per heavy atom. The lowest BCUT2D eigenvalue weighted by Crippen LogP contribution is -2.34. The summed E-state index contributed by atoms with van der Waals surface area (Å²) in [6.45, 7) is 1.73. The first-order valence-corrected chi connectivity index (χ1v) is 7.68. The summed E-state index contributed by atoms with van der Waals surface area (Å²) in [4.78, 5) is 11.3. The molecule has 0 amide bonds. The average Bonchev–Trinajstić information content (AvgIpc) is 2.38. The molecule has 104 valence electrons. The van der Waals surface area contributed by atoms with E-state index in [0.29, 0.717) is 18.7 Å². The highest BCUT2D eigenvalue weighted by Gasteiger charge is 2.23. The van der Waals surface area contributed by atoms with Crippen LogP contribution < -0.4 is 5.32 Å². The van der Waals surface area contributed by atoms with E-state index in [1.807, 2.05) is 0 Å². The summed E-state index contributed by atoms with van der Waals surface area (Å²) in [5.41, 5.74) is 0.462. The Morgan fingerprint density at radius 3 is 2.74 bits per heavy atom.